The molecule has 1 aliphatic rings. The maximum Gasteiger partial charge on any atom is 0.185 e. The van der Waals surface area contributed by atoms with Crippen molar-refractivity contribution in [3.8, 4) is 0 Å². The zero-order valence-corrected chi connectivity index (χ0v) is 12.5. The van der Waals surface area contributed by atoms with Crippen LogP contribution in [0.25, 0.3) is 10.9 Å². The van der Waals surface area contributed by atoms with Crippen molar-refractivity contribution in [2.75, 3.05) is 44.7 Å². The smallest absolute Gasteiger partial charge is 0.185 e. The summed E-state index contributed by atoms with van der Waals surface area (Å²) in [6.07, 6.45) is 0. The van der Waals surface area contributed by atoms with Gasteiger partial charge in [-0.15, -0.1) is 0 Å². The number of rotatable bonds is 4. The molecule has 1 aliphatic heterocycles. The summed E-state index contributed by atoms with van der Waals surface area (Å²) in [5.41, 5.74) is 1.52. The van der Waals surface area contributed by atoms with Gasteiger partial charge in [0.25, 0.3) is 0 Å². The maximum absolute atomic E-state index is 13.9. The van der Waals surface area contributed by atoms with Gasteiger partial charge in [-0.3, -0.25) is 4.90 Å². The molecule has 118 valence electrons. The van der Waals surface area contributed by atoms with Gasteiger partial charge in [-0.25, -0.2) is 13.8 Å². The van der Waals surface area contributed by atoms with E-state index in [9.17, 15) is 8.78 Å². The number of hydrogen-bond acceptors (Lipinski definition) is 4. The van der Waals surface area contributed by atoms with Crippen molar-refractivity contribution >= 4 is 16.6 Å². The van der Waals surface area contributed by atoms with Crippen molar-refractivity contribution in [2.45, 2.75) is 6.92 Å². The molecule has 22 heavy (non-hydrogen) atoms. The number of aryl methyl sites for hydroxylation is 1. The highest BCUT2D eigenvalue weighted by Crippen LogP contribution is 2.26. The van der Waals surface area contributed by atoms with E-state index in [0.29, 0.717) is 11.1 Å². The highest BCUT2D eigenvalue weighted by molar-refractivity contribution is 5.91. The van der Waals surface area contributed by atoms with Crippen molar-refractivity contribution in [2.24, 2.45) is 0 Å². The lowest BCUT2D eigenvalue weighted by molar-refractivity contribution is 0.0398. The number of nitrogens with one attached hydrogen (secondary N) is 1. The first-order valence-corrected chi connectivity index (χ1v) is 7.44. The van der Waals surface area contributed by atoms with Gasteiger partial charge in [-0.1, -0.05) is 0 Å². The molecule has 0 atom stereocenters. The van der Waals surface area contributed by atoms with Crippen LogP contribution in [0.5, 0.6) is 0 Å². The Morgan fingerprint density at radius 1 is 1.27 bits per heavy atom. The second-order valence-electron chi connectivity index (χ2n) is 5.45. The van der Waals surface area contributed by atoms with Crippen LogP contribution in [-0.4, -0.2) is 49.3 Å². The molecular formula is C16H19F2N3O. The lowest BCUT2D eigenvalue weighted by atomic mass is 10.1. The van der Waals surface area contributed by atoms with E-state index in [1.54, 1.807) is 13.0 Å². The average Bonchev–Trinajstić information content (AvgIpc) is 2.52. The summed E-state index contributed by atoms with van der Waals surface area (Å²) in [6, 6.07) is 4.57. The number of benzene rings is 1. The lowest BCUT2D eigenvalue weighted by Gasteiger charge is -2.26. The van der Waals surface area contributed by atoms with E-state index in [4.69, 9.17) is 4.74 Å². The summed E-state index contributed by atoms with van der Waals surface area (Å²) >= 11 is 0. The number of morpholine rings is 1. The summed E-state index contributed by atoms with van der Waals surface area (Å²) in [7, 11) is 0. The van der Waals surface area contributed by atoms with Gasteiger partial charge >= 0.3 is 0 Å². The normalized spacial score (nSPS) is 16.1. The Balaban J connectivity index is 1.76. The summed E-state index contributed by atoms with van der Waals surface area (Å²) < 4.78 is 32.6. The Hall–Kier alpha value is -1.79. The molecule has 0 saturated carbocycles. The highest BCUT2D eigenvalue weighted by Gasteiger charge is 2.13. The van der Waals surface area contributed by atoms with Gasteiger partial charge < -0.3 is 10.1 Å². The van der Waals surface area contributed by atoms with Crippen molar-refractivity contribution in [3.63, 3.8) is 0 Å². The molecule has 0 amide bonds. The van der Waals surface area contributed by atoms with Crippen molar-refractivity contribution in [1.82, 2.24) is 9.88 Å². The minimum Gasteiger partial charge on any atom is -0.383 e. The fraction of sp³-hybridized carbons (Fsp3) is 0.438. The van der Waals surface area contributed by atoms with Crippen LogP contribution >= 0.6 is 0 Å². The molecule has 1 aromatic heterocycles. The molecule has 0 bridgehead atoms. The topological polar surface area (TPSA) is 37.4 Å². The second-order valence-corrected chi connectivity index (χ2v) is 5.45. The fourth-order valence-corrected chi connectivity index (χ4v) is 2.68. The van der Waals surface area contributed by atoms with E-state index >= 15 is 0 Å². The van der Waals surface area contributed by atoms with Crippen LogP contribution in [0, 0.1) is 18.6 Å². The highest BCUT2D eigenvalue weighted by atomic mass is 19.2. The summed E-state index contributed by atoms with van der Waals surface area (Å²) in [4.78, 5) is 6.43. The molecule has 0 radical (unpaired) electrons. The molecule has 2 aromatic rings. The standard InChI is InChI=1S/C16H19F2N3O/c1-11-10-14(19-4-5-21-6-8-22-9-7-21)12-2-3-13(17)15(18)16(12)20-11/h2-3,10H,4-9H2,1H3,(H,19,20). The van der Waals surface area contributed by atoms with E-state index in [1.165, 1.54) is 0 Å². The van der Waals surface area contributed by atoms with E-state index in [0.717, 1.165) is 51.1 Å². The molecule has 1 saturated heterocycles. The van der Waals surface area contributed by atoms with Gasteiger partial charge in [0, 0.05) is 42.9 Å². The Labute approximate surface area is 128 Å². The third-order valence-electron chi connectivity index (χ3n) is 3.85. The van der Waals surface area contributed by atoms with Crippen LogP contribution in [0.3, 0.4) is 0 Å². The molecule has 4 nitrogen and oxygen atoms in total. The van der Waals surface area contributed by atoms with Gasteiger partial charge in [0.2, 0.25) is 0 Å². The first-order chi connectivity index (χ1) is 10.6. The summed E-state index contributed by atoms with van der Waals surface area (Å²) in [6.45, 7) is 6.78. The van der Waals surface area contributed by atoms with Crippen LogP contribution in [-0.2, 0) is 4.74 Å². The zero-order chi connectivity index (χ0) is 15.5. The van der Waals surface area contributed by atoms with Gasteiger partial charge in [-0.05, 0) is 25.1 Å². The van der Waals surface area contributed by atoms with Gasteiger partial charge in [0.1, 0.15) is 5.52 Å². The third-order valence-corrected chi connectivity index (χ3v) is 3.85. The van der Waals surface area contributed by atoms with E-state index in [1.807, 2.05) is 6.07 Å². The molecule has 1 N–H and O–H groups in total. The van der Waals surface area contributed by atoms with Crippen LogP contribution in [0.2, 0.25) is 0 Å². The summed E-state index contributed by atoms with van der Waals surface area (Å²) in [5, 5.41) is 3.91. The molecular weight excluding hydrogens is 288 g/mol. The van der Waals surface area contributed by atoms with Crippen LogP contribution < -0.4 is 5.32 Å². The van der Waals surface area contributed by atoms with Crippen LogP contribution in [0.4, 0.5) is 14.5 Å². The molecule has 0 spiro atoms. The Morgan fingerprint density at radius 3 is 2.82 bits per heavy atom. The largest absolute Gasteiger partial charge is 0.383 e. The van der Waals surface area contributed by atoms with Crippen molar-refractivity contribution in [1.29, 1.82) is 0 Å². The van der Waals surface area contributed by atoms with Gasteiger partial charge in [0.05, 0.1) is 13.2 Å². The average molecular weight is 307 g/mol. The Kier molecular flexibility index (Phi) is 4.49. The number of aromatic nitrogens is 1. The zero-order valence-electron chi connectivity index (χ0n) is 12.5. The number of halogens is 2. The molecule has 1 fully saturated rings. The fourth-order valence-electron chi connectivity index (χ4n) is 2.68. The second kappa shape index (κ2) is 6.54. The number of pyridine rings is 1. The number of ether oxygens (including phenoxy) is 1. The molecule has 0 unspecified atom stereocenters. The van der Waals surface area contributed by atoms with Crippen LogP contribution in [0.1, 0.15) is 5.69 Å². The number of fused-ring (bicyclic) bond motifs is 1. The number of hydrogen-bond donors (Lipinski definition) is 1. The van der Waals surface area contributed by atoms with Crippen molar-refractivity contribution < 1.29 is 13.5 Å². The molecule has 6 heteroatoms. The van der Waals surface area contributed by atoms with Gasteiger partial charge in [0.15, 0.2) is 11.6 Å². The van der Waals surface area contributed by atoms with E-state index in [-0.39, 0.29) is 5.52 Å². The van der Waals surface area contributed by atoms with Gasteiger partial charge in [-0.2, -0.15) is 0 Å². The molecule has 3 rings (SSSR count). The molecule has 0 aliphatic carbocycles. The molecule has 1 aromatic carbocycles. The van der Waals surface area contributed by atoms with Crippen LogP contribution in [0.15, 0.2) is 18.2 Å². The van der Waals surface area contributed by atoms with E-state index in [2.05, 4.69) is 15.2 Å². The predicted octanol–water partition coefficient (Wildman–Crippen LogP) is 2.57. The lowest BCUT2D eigenvalue weighted by Crippen LogP contribution is -2.39. The predicted molar refractivity (Wildman–Crippen MR) is 82.1 cm³/mol. The Morgan fingerprint density at radius 2 is 2.05 bits per heavy atom. The molecule has 2 heterocycles. The minimum atomic E-state index is -0.891. The monoisotopic (exact) mass is 307 g/mol. The number of anilines is 1. The first kappa shape index (κ1) is 15.1. The minimum absolute atomic E-state index is 0.0777. The maximum atomic E-state index is 13.9. The van der Waals surface area contributed by atoms with Crippen molar-refractivity contribution in [3.05, 3.63) is 35.5 Å². The summed E-state index contributed by atoms with van der Waals surface area (Å²) in [5.74, 6) is -1.76. The third kappa shape index (κ3) is 3.18. The number of nitrogens with zero attached hydrogens (tertiary/aromatic N) is 2. The Bertz CT molecular complexity index is 672. The quantitative estimate of drug-likeness (QED) is 0.942. The SMILES string of the molecule is Cc1cc(NCCN2CCOCC2)c2ccc(F)c(F)c2n1. The first-order valence-electron chi connectivity index (χ1n) is 7.44. The van der Waals surface area contributed by atoms with E-state index < -0.39 is 11.6 Å².